The van der Waals surface area contributed by atoms with Crippen LogP contribution in [-0.2, 0) is 0 Å². The van der Waals surface area contributed by atoms with E-state index in [0.717, 1.165) is 5.56 Å². The van der Waals surface area contributed by atoms with E-state index in [2.05, 4.69) is 4.98 Å². The van der Waals surface area contributed by atoms with Crippen molar-refractivity contribution in [2.45, 2.75) is 13.8 Å². The molecule has 1 aromatic rings. The number of aliphatic hydroxyl groups excluding tert-OH is 1. The summed E-state index contributed by atoms with van der Waals surface area (Å²) in [5.41, 5.74) is 0.728. The van der Waals surface area contributed by atoms with Gasteiger partial charge in [0, 0.05) is 25.4 Å². The number of hydrogen-bond donors (Lipinski definition) is 1. The maximum Gasteiger partial charge on any atom is 0.311 e. The monoisotopic (exact) mass is 225 g/mol. The molecule has 0 aliphatic rings. The van der Waals surface area contributed by atoms with Crippen molar-refractivity contribution in [3.05, 3.63) is 27.9 Å². The average molecular weight is 225 g/mol. The van der Waals surface area contributed by atoms with Crippen molar-refractivity contribution in [3.63, 3.8) is 0 Å². The van der Waals surface area contributed by atoms with Gasteiger partial charge in [-0.15, -0.1) is 0 Å². The van der Waals surface area contributed by atoms with Gasteiger partial charge in [0.25, 0.3) is 0 Å². The van der Waals surface area contributed by atoms with Crippen molar-refractivity contribution in [1.82, 2.24) is 4.98 Å². The highest BCUT2D eigenvalue weighted by molar-refractivity contribution is 5.58. The van der Waals surface area contributed by atoms with Gasteiger partial charge in [-0.3, -0.25) is 10.1 Å². The van der Waals surface area contributed by atoms with Crippen LogP contribution in [0.15, 0.2) is 12.3 Å². The van der Waals surface area contributed by atoms with Crippen molar-refractivity contribution < 1.29 is 10.0 Å². The van der Waals surface area contributed by atoms with Gasteiger partial charge in [0.1, 0.15) is 0 Å². The van der Waals surface area contributed by atoms with Crippen molar-refractivity contribution in [2.24, 2.45) is 0 Å². The first-order valence-electron chi connectivity index (χ1n) is 5.07. The zero-order chi connectivity index (χ0) is 12.1. The number of hydrogen-bond acceptors (Lipinski definition) is 5. The van der Waals surface area contributed by atoms with Crippen LogP contribution in [0, 0.1) is 17.0 Å². The summed E-state index contributed by atoms with van der Waals surface area (Å²) < 4.78 is 0. The van der Waals surface area contributed by atoms with Gasteiger partial charge in [-0.1, -0.05) is 0 Å². The Balaban J connectivity index is 3.14. The molecule has 0 aliphatic heterocycles. The maximum atomic E-state index is 10.9. The van der Waals surface area contributed by atoms with Crippen LogP contribution in [0.4, 0.5) is 11.5 Å². The summed E-state index contributed by atoms with van der Waals surface area (Å²) >= 11 is 0. The van der Waals surface area contributed by atoms with Gasteiger partial charge in [-0.05, 0) is 19.4 Å². The molecule has 0 bridgehead atoms. The van der Waals surface area contributed by atoms with Crippen LogP contribution in [0.25, 0.3) is 0 Å². The summed E-state index contributed by atoms with van der Waals surface area (Å²) in [6, 6.07) is 1.49. The molecular formula is C10H15N3O3. The number of aliphatic hydroxyl groups is 1. The highest BCUT2D eigenvalue weighted by Gasteiger charge is 2.19. The predicted molar refractivity (Wildman–Crippen MR) is 60.6 cm³/mol. The highest BCUT2D eigenvalue weighted by atomic mass is 16.6. The minimum absolute atomic E-state index is 0.0182. The lowest BCUT2D eigenvalue weighted by Gasteiger charge is -2.20. The molecule has 6 heteroatoms. The topological polar surface area (TPSA) is 79.5 Å². The molecule has 1 aromatic heterocycles. The molecule has 0 fully saturated rings. The van der Waals surface area contributed by atoms with Crippen molar-refractivity contribution in [1.29, 1.82) is 0 Å². The largest absolute Gasteiger partial charge is 0.395 e. The van der Waals surface area contributed by atoms with E-state index in [1.165, 1.54) is 6.07 Å². The summed E-state index contributed by atoms with van der Waals surface area (Å²) in [5.74, 6) is 0.312. The van der Waals surface area contributed by atoms with Gasteiger partial charge in [0.05, 0.1) is 11.5 Å². The molecule has 0 aliphatic carbocycles. The van der Waals surface area contributed by atoms with Gasteiger partial charge in [0.15, 0.2) is 0 Å². The third-order valence-corrected chi connectivity index (χ3v) is 2.23. The van der Waals surface area contributed by atoms with E-state index in [9.17, 15) is 10.1 Å². The SMILES string of the molecule is CCN(CCO)c1ncc(C)cc1[N+](=O)[O-]. The van der Waals surface area contributed by atoms with Gasteiger partial charge in [-0.2, -0.15) is 0 Å². The Morgan fingerprint density at radius 3 is 2.81 bits per heavy atom. The second-order valence-electron chi connectivity index (χ2n) is 3.42. The quantitative estimate of drug-likeness (QED) is 0.600. The van der Waals surface area contributed by atoms with Crippen molar-refractivity contribution in [3.8, 4) is 0 Å². The molecule has 0 spiro atoms. The second-order valence-corrected chi connectivity index (χ2v) is 3.42. The fourth-order valence-electron chi connectivity index (χ4n) is 1.46. The van der Waals surface area contributed by atoms with Crippen LogP contribution in [0.2, 0.25) is 0 Å². The molecule has 1 rings (SSSR count). The molecule has 0 saturated carbocycles. The normalized spacial score (nSPS) is 10.2. The average Bonchev–Trinajstić information content (AvgIpc) is 2.26. The number of anilines is 1. The zero-order valence-electron chi connectivity index (χ0n) is 9.38. The van der Waals surface area contributed by atoms with Gasteiger partial charge in [-0.25, -0.2) is 4.98 Å². The molecule has 0 atom stereocenters. The van der Waals surface area contributed by atoms with Crippen LogP contribution >= 0.6 is 0 Å². The van der Waals surface area contributed by atoms with E-state index >= 15 is 0 Å². The summed E-state index contributed by atoms with van der Waals surface area (Å²) in [5, 5.41) is 19.7. The van der Waals surface area contributed by atoms with E-state index in [-0.39, 0.29) is 12.3 Å². The molecular weight excluding hydrogens is 210 g/mol. The lowest BCUT2D eigenvalue weighted by Crippen LogP contribution is -2.27. The number of rotatable bonds is 5. The molecule has 1 heterocycles. The Labute approximate surface area is 93.7 Å². The molecule has 0 radical (unpaired) electrons. The van der Waals surface area contributed by atoms with Crippen LogP contribution in [0.1, 0.15) is 12.5 Å². The summed E-state index contributed by atoms with van der Waals surface area (Å²) in [4.78, 5) is 16.2. The number of aryl methyl sites for hydroxylation is 1. The first kappa shape index (κ1) is 12.4. The fourth-order valence-corrected chi connectivity index (χ4v) is 1.46. The smallest absolute Gasteiger partial charge is 0.311 e. The van der Waals surface area contributed by atoms with Gasteiger partial charge in [0.2, 0.25) is 5.82 Å². The standard InChI is InChI=1S/C10H15N3O3/c1-3-12(4-5-14)10-9(13(15)16)6-8(2)7-11-10/h6-7,14H,3-5H2,1-2H3. The molecule has 0 amide bonds. The summed E-state index contributed by atoms with van der Waals surface area (Å²) in [6.07, 6.45) is 1.59. The highest BCUT2D eigenvalue weighted by Crippen LogP contribution is 2.25. The van der Waals surface area contributed by atoms with Crippen molar-refractivity contribution in [2.75, 3.05) is 24.6 Å². The van der Waals surface area contributed by atoms with Gasteiger partial charge >= 0.3 is 5.69 Å². The summed E-state index contributed by atoms with van der Waals surface area (Å²) in [7, 11) is 0. The van der Waals surface area contributed by atoms with E-state index < -0.39 is 4.92 Å². The maximum absolute atomic E-state index is 10.9. The minimum atomic E-state index is -0.449. The Morgan fingerprint density at radius 2 is 2.31 bits per heavy atom. The fraction of sp³-hybridized carbons (Fsp3) is 0.500. The molecule has 88 valence electrons. The zero-order valence-corrected chi connectivity index (χ0v) is 9.38. The van der Waals surface area contributed by atoms with Crippen LogP contribution < -0.4 is 4.90 Å². The Kier molecular flexibility index (Phi) is 4.19. The second kappa shape index (κ2) is 5.41. The Hall–Kier alpha value is -1.69. The first-order chi connectivity index (χ1) is 7.60. The molecule has 0 unspecified atom stereocenters. The van der Waals surface area contributed by atoms with E-state index in [0.29, 0.717) is 18.9 Å². The lowest BCUT2D eigenvalue weighted by molar-refractivity contribution is -0.384. The Bertz CT molecular complexity index is 382. The molecule has 0 saturated heterocycles. The van der Waals surface area contributed by atoms with Crippen LogP contribution in [0.5, 0.6) is 0 Å². The van der Waals surface area contributed by atoms with E-state index in [1.807, 2.05) is 6.92 Å². The molecule has 1 N–H and O–H groups in total. The molecule has 16 heavy (non-hydrogen) atoms. The Morgan fingerprint density at radius 1 is 1.62 bits per heavy atom. The number of aromatic nitrogens is 1. The number of likely N-dealkylation sites (N-methyl/N-ethyl adjacent to an activating group) is 1. The van der Waals surface area contributed by atoms with Crippen LogP contribution in [0.3, 0.4) is 0 Å². The third-order valence-electron chi connectivity index (χ3n) is 2.23. The van der Waals surface area contributed by atoms with Gasteiger partial charge < -0.3 is 10.0 Å². The third kappa shape index (κ3) is 2.66. The van der Waals surface area contributed by atoms with Crippen LogP contribution in [-0.4, -0.2) is 34.7 Å². The number of nitrogens with zero attached hydrogens (tertiary/aromatic N) is 3. The number of nitro groups is 1. The first-order valence-corrected chi connectivity index (χ1v) is 5.07. The van der Waals surface area contributed by atoms with E-state index in [4.69, 9.17) is 5.11 Å². The van der Waals surface area contributed by atoms with E-state index in [1.54, 1.807) is 18.0 Å². The van der Waals surface area contributed by atoms with Crippen molar-refractivity contribution >= 4 is 11.5 Å². The predicted octanol–water partition coefficient (Wildman–Crippen LogP) is 1.12. The minimum Gasteiger partial charge on any atom is -0.395 e. The molecule has 6 nitrogen and oxygen atoms in total. The molecule has 0 aromatic carbocycles. The lowest BCUT2D eigenvalue weighted by atomic mass is 10.2. The summed E-state index contributed by atoms with van der Waals surface area (Å²) in [6.45, 7) is 4.47. The number of pyridine rings is 1.